The molecule has 1 aromatic carbocycles. The van der Waals surface area contributed by atoms with Crippen molar-refractivity contribution in [3.63, 3.8) is 0 Å². The van der Waals surface area contributed by atoms with Crippen LogP contribution in [0.15, 0.2) is 24.3 Å². The molecule has 1 aromatic heterocycles. The van der Waals surface area contributed by atoms with E-state index in [1.165, 1.54) is 5.56 Å². The fraction of sp³-hybridized carbons (Fsp3) is 0.385. The van der Waals surface area contributed by atoms with Crippen molar-refractivity contribution in [2.24, 2.45) is 5.73 Å². The topological polar surface area (TPSA) is 70.8 Å². The van der Waals surface area contributed by atoms with Crippen LogP contribution in [0.25, 0.3) is 11.4 Å². The summed E-state index contributed by atoms with van der Waals surface area (Å²) in [7, 11) is 0. The molecular weight excluding hydrogens is 226 g/mol. The Morgan fingerprint density at radius 2 is 2.33 bits per heavy atom. The minimum atomic E-state index is 0.242. The number of H-pyrrole nitrogens is 1. The Morgan fingerprint density at radius 3 is 3.06 bits per heavy atom. The van der Waals surface area contributed by atoms with E-state index >= 15 is 0 Å². The summed E-state index contributed by atoms with van der Waals surface area (Å²) in [6.07, 6.45) is 1.01. The molecule has 0 saturated carbocycles. The summed E-state index contributed by atoms with van der Waals surface area (Å²) >= 11 is 0. The van der Waals surface area contributed by atoms with Crippen LogP contribution in [0, 0.1) is 6.92 Å². The van der Waals surface area contributed by atoms with Crippen molar-refractivity contribution in [3.05, 3.63) is 29.8 Å². The molecule has 5 heteroatoms. The minimum absolute atomic E-state index is 0.242. The van der Waals surface area contributed by atoms with Gasteiger partial charge >= 0.3 is 0 Å². The van der Waals surface area contributed by atoms with Crippen molar-refractivity contribution in [1.29, 1.82) is 0 Å². The molecule has 1 unspecified atom stereocenters. The van der Waals surface area contributed by atoms with Crippen molar-refractivity contribution >= 4 is 5.95 Å². The van der Waals surface area contributed by atoms with Gasteiger partial charge in [-0.15, -0.1) is 5.10 Å². The highest BCUT2D eigenvalue weighted by atomic mass is 15.4. The molecule has 0 radical (unpaired) electrons. The van der Waals surface area contributed by atoms with Gasteiger partial charge in [0.2, 0.25) is 5.95 Å². The van der Waals surface area contributed by atoms with E-state index in [2.05, 4.69) is 39.1 Å². The average Bonchev–Trinajstić information content (AvgIpc) is 2.97. The van der Waals surface area contributed by atoms with Crippen LogP contribution in [0.5, 0.6) is 0 Å². The van der Waals surface area contributed by atoms with Crippen LogP contribution < -0.4 is 10.6 Å². The average molecular weight is 243 g/mol. The Hall–Kier alpha value is -1.88. The monoisotopic (exact) mass is 243 g/mol. The lowest BCUT2D eigenvalue weighted by molar-refractivity contribution is 0.750. The number of benzene rings is 1. The first-order valence-corrected chi connectivity index (χ1v) is 6.22. The molecule has 94 valence electrons. The summed E-state index contributed by atoms with van der Waals surface area (Å²) < 4.78 is 0. The van der Waals surface area contributed by atoms with Gasteiger partial charge in [0, 0.05) is 24.7 Å². The highest BCUT2D eigenvalue weighted by molar-refractivity contribution is 5.57. The molecule has 0 aliphatic carbocycles. The Balaban J connectivity index is 1.85. The molecule has 2 aromatic rings. The number of nitrogens with two attached hydrogens (primary N) is 1. The Morgan fingerprint density at radius 1 is 1.44 bits per heavy atom. The van der Waals surface area contributed by atoms with E-state index in [1.54, 1.807) is 0 Å². The summed E-state index contributed by atoms with van der Waals surface area (Å²) in [4.78, 5) is 6.67. The first-order chi connectivity index (χ1) is 8.72. The quantitative estimate of drug-likeness (QED) is 0.834. The number of hydrogen-bond donors (Lipinski definition) is 2. The van der Waals surface area contributed by atoms with Gasteiger partial charge in [-0.3, -0.25) is 5.10 Å². The van der Waals surface area contributed by atoms with E-state index < -0.39 is 0 Å². The standard InChI is InChI=1S/C13H17N5/c1-9-3-2-4-10(7-9)12-15-13(17-16-12)18-6-5-11(14)8-18/h2-4,7,11H,5-6,8,14H2,1H3,(H,15,16,17). The number of hydrogen-bond acceptors (Lipinski definition) is 4. The van der Waals surface area contributed by atoms with Crippen LogP contribution in [0.4, 0.5) is 5.95 Å². The predicted octanol–water partition coefficient (Wildman–Crippen LogP) is 1.32. The molecule has 3 rings (SSSR count). The molecule has 1 saturated heterocycles. The third-order valence-corrected chi connectivity index (χ3v) is 3.27. The largest absolute Gasteiger partial charge is 0.338 e. The van der Waals surface area contributed by atoms with E-state index in [4.69, 9.17) is 5.73 Å². The summed E-state index contributed by atoms with van der Waals surface area (Å²) in [6, 6.07) is 8.47. The molecule has 0 amide bonds. The van der Waals surface area contributed by atoms with Crippen LogP contribution in [0.3, 0.4) is 0 Å². The molecule has 0 bridgehead atoms. The lowest BCUT2D eigenvalue weighted by Gasteiger charge is -2.11. The van der Waals surface area contributed by atoms with Crippen molar-refractivity contribution in [2.45, 2.75) is 19.4 Å². The highest BCUT2D eigenvalue weighted by Gasteiger charge is 2.22. The normalized spacial score (nSPS) is 19.4. The number of aromatic amines is 1. The molecule has 1 fully saturated rings. The van der Waals surface area contributed by atoms with Gasteiger partial charge in [-0.2, -0.15) is 4.98 Å². The van der Waals surface area contributed by atoms with Gasteiger partial charge in [0.25, 0.3) is 0 Å². The molecule has 1 atom stereocenters. The smallest absolute Gasteiger partial charge is 0.245 e. The third kappa shape index (κ3) is 2.09. The SMILES string of the molecule is Cc1cccc(-c2nc(N3CCC(N)C3)n[nH]2)c1. The van der Waals surface area contributed by atoms with Gasteiger partial charge in [-0.05, 0) is 19.4 Å². The zero-order valence-electron chi connectivity index (χ0n) is 10.4. The Kier molecular flexibility index (Phi) is 2.76. The number of rotatable bonds is 2. The van der Waals surface area contributed by atoms with Crippen molar-refractivity contribution in [3.8, 4) is 11.4 Å². The maximum absolute atomic E-state index is 5.89. The molecule has 18 heavy (non-hydrogen) atoms. The first-order valence-electron chi connectivity index (χ1n) is 6.22. The number of aryl methyl sites for hydroxylation is 1. The number of anilines is 1. The zero-order chi connectivity index (χ0) is 12.5. The fourth-order valence-corrected chi connectivity index (χ4v) is 2.28. The fourth-order valence-electron chi connectivity index (χ4n) is 2.28. The number of nitrogens with one attached hydrogen (secondary N) is 1. The second-order valence-electron chi connectivity index (χ2n) is 4.85. The molecule has 3 N–H and O–H groups in total. The number of nitrogens with zero attached hydrogens (tertiary/aromatic N) is 3. The first kappa shape index (κ1) is 11.2. The van der Waals surface area contributed by atoms with Crippen LogP contribution in [0.2, 0.25) is 0 Å². The second kappa shape index (κ2) is 4.42. The van der Waals surface area contributed by atoms with Crippen molar-refractivity contribution in [1.82, 2.24) is 15.2 Å². The van der Waals surface area contributed by atoms with E-state index in [1.807, 2.05) is 12.1 Å². The number of aromatic nitrogens is 3. The van der Waals surface area contributed by atoms with Crippen LogP contribution in [0.1, 0.15) is 12.0 Å². The van der Waals surface area contributed by atoms with E-state index in [-0.39, 0.29) is 6.04 Å². The van der Waals surface area contributed by atoms with Crippen molar-refractivity contribution < 1.29 is 0 Å². The maximum Gasteiger partial charge on any atom is 0.245 e. The van der Waals surface area contributed by atoms with Gasteiger partial charge in [-0.1, -0.05) is 23.8 Å². The summed E-state index contributed by atoms with van der Waals surface area (Å²) in [5.41, 5.74) is 8.18. The third-order valence-electron chi connectivity index (χ3n) is 3.27. The van der Waals surface area contributed by atoms with Crippen LogP contribution in [-0.4, -0.2) is 34.3 Å². The Bertz CT molecular complexity index is 548. The highest BCUT2D eigenvalue weighted by Crippen LogP contribution is 2.20. The molecule has 1 aliphatic rings. The lowest BCUT2D eigenvalue weighted by atomic mass is 10.1. The van der Waals surface area contributed by atoms with Crippen LogP contribution >= 0.6 is 0 Å². The van der Waals surface area contributed by atoms with E-state index in [0.29, 0.717) is 0 Å². The minimum Gasteiger partial charge on any atom is -0.338 e. The van der Waals surface area contributed by atoms with Crippen molar-refractivity contribution in [2.75, 3.05) is 18.0 Å². The van der Waals surface area contributed by atoms with Gasteiger partial charge in [0.15, 0.2) is 5.82 Å². The second-order valence-corrected chi connectivity index (χ2v) is 4.85. The van der Waals surface area contributed by atoms with Gasteiger partial charge < -0.3 is 10.6 Å². The van der Waals surface area contributed by atoms with Gasteiger partial charge in [0.1, 0.15) is 0 Å². The molecule has 2 heterocycles. The molecule has 5 nitrogen and oxygen atoms in total. The lowest BCUT2D eigenvalue weighted by Crippen LogP contribution is -2.26. The van der Waals surface area contributed by atoms with E-state index in [9.17, 15) is 0 Å². The van der Waals surface area contributed by atoms with E-state index in [0.717, 1.165) is 36.8 Å². The molecular formula is C13H17N5. The Labute approximate surface area is 106 Å². The predicted molar refractivity (Wildman–Crippen MR) is 71.4 cm³/mol. The van der Waals surface area contributed by atoms with Crippen LogP contribution in [-0.2, 0) is 0 Å². The van der Waals surface area contributed by atoms with Gasteiger partial charge in [-0.25, -0.2) is 0 Å². The summed E-state index contributed by atoms with van der Waals surface area (Å²) in [6.45, 7) is 3.84. The molecule has 1 aliphatic heterocycles. The maximum atomic E-state index is 5.89. The summed E-state index contributed by atoms with van der Waals surface area (Å²) in [5.74, 6) is 1.56. The molecule has 0 spiro atoms. The zero-order valence-corrected chi connectivity index (χ0v) is 10.4. The summed E-state index contributed by atoms with van der Waals surface area (Å²) in [5, 5.41) is 7.27. The van der Waals surface area contributed by atoms with Gasteiger partial charge in [0.05, 0.1) is 0 Å².